The molecular weight excluding hydrogens is 302 g/mol. The topological polar surface area (TPSA) is 101 Å². The minimum absolute atomic E-state index is 0.121. The van der Waals surface area contributed by atoms with Gasteiger partial charge in [-0.1, -0.05) is 0 Å². The Kier molecular flexibility index (Phi) is 4.93. The molecule has 112 valence electrons. The van der Waals surface area contributed by atoms with Crippen LogP contribution in [0.15, 0.2) is 12.1 Å². The number of rotatable bonds is 5. The van der Waals surface area contributed by atoms with Gasteiger partial charge in [0.2, 0.25) is 5.91 Å². The molecule has 0 atom stereocenters. The lowest BCUT2D eigenvalue weighted by molar-refractivity contribution is -0.118. The Bertz CT molecular complexity index is 610. The maximum Gasteiger partial charge on any atom is 0.345 e. The van der Waals surface area contributed by atoms with Crippen molar-refractivity contribution in [3.63, 3.8) is 0 Å². The zero-order chi connectivity index (χ0) is 15.6. The number of amides is 1. The van der Waals surface area contributed by atoms with E-state index in [4.69, 9.17) is 5.11 Å². The van der Waals surface area contributed by atoms with E-state index in [0.29, 0.717) is 4.88 Å². The Hall–Kier alpha value is -1.41. The molecule has 0 fully saturated rings. The van der Waals surface area contributed by atoms with Crippen LogP contribution in [0.2, 0.25) is 0 Å². The van der Waals surface area contributed by atoms with Crippen molar-refractivity contribution in [3.05, 3.63) is 21.9 Å². The Balaban J connectivity index is 2.58. The van der Waals surface area contributed by atoms with Crippen molar-refractivity contribution in [2.45, 2.75) is 32.1 Å². The molecule has 0 aliphatic heterocycles. The molecule has 2 N–H and O–H groups in total. The highest BCUT2D eigenvalue weighted by molar-refractivity contribution is 7.93. The smallest absolute Gasteiger partial charge is 0.345 e. The first kappa shape index (κ1) is 16.6. The molecule has 1 aromatic rings. The van der Waals surface area contributed by atoms with Crippen LogP contribution >= 0.6 is 11.3 Å². The lowest BCUT2D eigenvalue weighted by Crippen LogP contribution is -2.38. The van der Waals surface area contributed by atoms with Gasteiger partial charge in [0.25, 0.3) is 0 Å². The zero-order valence-corrected chi connectivity index (χ0v) is 13.1. The number of carbonyl (C=O) groups excluding carboxylic acids is 1. The molecule has 1 amide bonds. The van der Waals surface area contributed by atoms with E-state index in [0.717, 1.165) is 11.3 Å². The number of aromatic carboxylic acids is 1. The van der Waals surface area contributed by atoms with Crippen LogP contribution in [-0.2, 0) is 21.2 Å². The highest BCUT2D eigenvalue weighted by atomic mass is 32.2. The number of thiophene rings is 1. The lowest BCUT2D eigenvalue weighted by atomic mass is 10.3. The summed E-state index contributed by atoms with van der Waals surface area (Å²) in [5.41, 5.74) is 0. The minimum Gasteiger partial charge on any atom is -0.477 e. The molecule has 0 radical (unpaired) electrons. The summed E-state index contributed by atoms with van der Waals surface area (Å²) in [7, 11) is -3.51. The summed E-state index contributed by atoms with van der Waals surface area (Å²) in [5.74, 6) is -2.19. The Morgan fingerprint density at radius 1 is 1.30 bits per heavy atom. The Morgan fingerprint density at radius 2 is 1.90 bits per heavy atom. The third-order valence-electron chi connectivity index (χ3n) is 2.59. The van der Waals surface area contributed by atoms with Gasteiger partial charge in [0.1, 0.15) is 10.6 Å². The predicted molar refractivity (Wildman–Crippen MR) is 76.7 cm³/mol. The number of carbonyl (C=O) groups is 2. The highest BCUT2D eigenvalue weighted by Crippen LogP contribution is 2.17. The van der Waals surface area contributed by atoms with Crippen molar-refractivity contribution in [1.82, 2.24) is 5.32 Å². The fourth-order valence-corrected chi connectivity index (χ4v) is 2.88. The predicted octanol–water partition coefficient (Wildman–Crippen LogP) is 1.28. The van der Waals surface area contributed by atoms with Crippen LogP contribution < -0.4 is 5.32 Å². The molecule has 6 nitrogen and oxygen atoms in total. The quantitative estimate of drug-likeness (QED) is 0.851. The van der Waals surface area contributed by atoms with E-state index in [2.05, 4.69) is 5.32 Å². The first-order valence-electron chi connectivity index (χ1n) is 5.84. The van der Waals surface area contributed by atoms with Crippen molar-refractivity contribution in [1.29, 1.82) is 0 Å². The molecule has 1 aromatic heterocycles. The highest BCUT2D eigenvalue weighted by Gasteiger charge is 2.31. The second kappa shape index (κ2) is 5.92. The zero-order valence-electron chi connectivity index (χ0n) is 11.5. The monoisotopic (exact) mass is 319 g/mol. The van der Waals surface area contributed by atoms with Gasteiger partial charge >= 0.3 is 5.97 Å². The number of carboxylic acids is 1. The molecule has 1 heterocycles. The molecule has 0 aromatic carbocycles. The standard InChI is InChI=1S/C12H17NO5S2/c1-12(2,3)20(17,18)7-10(14)13-6-8-4-5-9(19-8)11(15)16/h4-5H,6-7H2,1-3H3,(H,13,14)(H,15,16). The maximum absolute atomic E-state index is 11.8. The van der Waals surface area contributed by atoms with E-state index in [9.17, 15) is 18.0 Å². The first-order chi connectivity index (χ1) is 9.03. The van der Waals surface area contributed by atoms with Crippen molar-refractivity contribution < 1.29 is 23.1 Å². The van der Waals surface area contributed by atoms with E-state index in [1.165, 1.54) is 26.8 Å². The van der Waals surface area contributed by atoms with E-state index in [1.54, 1.807) is 6.07 Å². The van der Waals surface area contributed by atoms with Crippen molar-refractivity contribution >= 4 is 33.1 Å². The van der Waals surface area contributed by atoms with E-state index in [1.807, 2.05) is 0 Å². The average molecular weight is 319 g/mol. The SMILES string of the molecule is CC(C)(C)S(=O)(=O)CC(=O)NCc1ccc(C(=O)O)s1. The summed E-state index contributed by atoms with van der Waals surface area (Å²) in [6, 6.07) is 3.03. The summed E-state index contributed by atoms with van der Waals surface area (Å²) >= 11 is 1.04. The second-order valence-corrected chi connectivity index (χ2v) is 9.13. The molecular formula is C12H17NO5S2. The van der Waals surface area contributed by atoms with E-state index >= 15 is 0 Å². The normalized spacial score (nSPS) is 12.2. The summed E-state index contributed by atoms with van der Waals surface area (Å²) < 4.78 is 22.7. The van der Waals surface area contributed by atoms with Crippen molar-refractivity contribution in [2.75, 3.05) is 5.75 Å². The molecule has 0 spiro atoms. The van der Waals surface area contributed by atoms with Gasteiger partial charge < -0.3 is 10.4 Å². The van der Waals surface area contributed by atoms with Gasteiger partial charge in [0.15, 0.2) is 9.84 Å². The number of carboxylic acid groups (broad SMARTS) is 1. The van der Waals surface area contributed by atoms with Gasteiger partial charge in [0, 0.05) is 4.88 Å². The van der Waals surface area contributed by atoms with Crippen molar-refractivity contribution in [2.24, 2.45) is 0 Å². The van der Waals surface area contributed by atoms with Crippen molar-refractivity contribution in [3.8, 4) is 0 Å². The van der Waals surface area contributed by atoms with Crippen LogP contribution in [0.3, 0.4) is 0 Å². The molecule has 1 rings (SSSR count). The third kappa shape index (κ3) is 4.31. The summed E-state index contributed by atoms with van der Waals surface area (Å²) in [5, 5.41) is 11.2. The molecule has 0 saturated carbocycles. The van der Waals surface area contributed by atoms with Crippen LogP contribution in [-0.4, -0.2) is 35.9 Å². The van der Waals surface area contributed by atoms with Crippen LogP contribution in [0.25, 0.3) is 0 Å². The number of hydrogen-bond acceptors (Lipinski definition) is 5. The Morgan fingerprint density at radius 3 is 2.35 bits per heavy atom. The number of nitrogens with one attached hydrogen (secondary N) is 1. The number of hydrogen-bond donors (Lipinski definition) is 2. The molecule has 0 bridgehead atoms. The first-order valence-corrected chi connectivity index (χ1v) is 8.31. The van der Waals surface area contributed by atoms with Crippen LogP contribution in [0.1, 0.15) is 35.3 Å². The fourth-order valence-electron chi connectivity index (χ4n) is 1.21. The van der Waals surface area contributed by atoms with Gasteiger partial charge in [-0.15, -0.1) is 11.3 Å². The molecule has 8 heteroatoms. The molecule has 20 heavy (non-hydrogen) atoms. The van der Waals surface area contributed by atoms with Crippen LogP contribution in [0, 0.1) is 0 Å². The van der Waals surface area contributed by atoms with E-state index in [-0.39, 0.29) is 11.4 Å². The molecule has 0 saturated heterocycles. The van der Waals surface area contributed by atoms with Gasteiger partial charge in [-0.2, -0.15) is 0 Å². The number of sulfone groups is 1. The average Bonchev–Trinajstić information content (AvgIpc) is 2.72. The summed E-state index contributed by atoms with van der Waals surface area (Å²) in [4.78, 5) is 23.1. The summed E-state index contributed by atoms with van der Waals surface area (Å²) in [6.07, 6.45) is 0. The molecule has 0 aliphatic carbocycles. The minimum atomic E-state index is -3.51. The second-order valence-electron chi connectivity index (χ2n) is 5.22. The third-order valence-corrected chi connectivity index (χ3v) is 6.17. The Labute approximate surface area is 121 Å². The summed E-state index contributed by atoms with van der Waals surface area (Å²) in [6.45, 7) is 4.73. The lowest BCUT2D eigenvalue weighted by Gasteiger charge is -2.18. The van der Waals surface area contributed by atoms with Crippen LogP contribution in [0.4, 0.5) is 0 Å². The van der Waals surface area contributed by atoms with E-state index < -0.39 is 32.2 Å². The largest absolute Gasteiger partial charge is 0.477 e. The fraction of sp³-hybridized carbons (Fsp3) is 0.500. The maximum atomic E-state index is 11.8. The van der Waals surface area contributed by atoms with Gasteiger partial charge in [-0.3, -0.25) is 4.79 Å². The van der Waals surface area contributed by atoms with Gasteiger partial charge in [-0.25, -0.2) is 13.2 Å². The van der Waals surface area contributed by atoms with Gasteiger partial charge in [-0.05, 0) is 32.9 Å². The molecule has 0 aliphatic rings. The van der Waals surface area contributed by atoms with Crippen LogP contribution in [0.5, 0.6) is 0 Å². The van der Waals surface area contributed by atoms with Gasteiger partial charge in [0.05, 0.1) is 11.3 Å². The molecule has 0 unspecified atom stereocenters.